The summed E-state index contributed by atoms with van der Waals surface area (Å²) in [7, 11) is -6.87. The second kappa shape index (κ2) is 13.2. The average Bonchev–Trinajstić information content (AvgIpc) is 3.81. The zero-order valence-electron chi connectivity index (χ0n) is 29.1. The van der Waals surface area contributed by atoms with Crippen LogP contribution < -0.4 is 14.9 Å². The average molecular weight is 819 g/mol. The summed E-state index contributed by atoms with van der Waals surface area (Å²) in [6.07, 6.45) is 0.816. The highest BCUT2D eigenvalue weighted by Gasteiger charge is 2.56. The van der Waals surface area contributed by atoms with Crippen molar-refractivity contribution in [1.29, 1.82) is 0 Å². The Bertz CT molecular complexity index is 2290. The van der Waals surface area contributed by atoms with Crippen LogP contribution in [-0.4, -0.2) is 95.6 Å². The van der Waals surface area contributed by atoms with Crippen LogP contribution in [0.3, 0.4) is 0 Å². The van der Waals surface area contributed by atoms with Gasteiger partial charge in [-0.3, -0.25) is 13.8 Å². The zero-order valence-corrected chi connectivity index (χ0v) is 31.6. The molecule has 2 bridgehead atoms. The van der Waals surface area contributed by atoms with Gasteiger partial charge < -0.3 is 20.2 Å². The van der Waals surface area contributed by atoms with Crippen LogP contribution in [0.4, 0.5) is 34.7 Å². The normalized spacial score (nSPS) is 23.4. The quantitative estimate of drug-likeness (QED) is 0.122. The largest absolute Gasteiger partial charge is 0.465 e. The Morgan fingerprint density at radius 3 is 2.44 bits per heavy atom. The fourth-order valence-electron chi connectivity index (χ4n) is 8.94. The van der Waals surface area contributed by atoms with Gasteiger partial charge in [-0.2, -0.15) is 23.3 Å². The molecule has 14 nitrogen and oxygen atoms in total. The lowest BCUT2D eigenvalue weighted by atomic mass is 9.67. The van der Waals surface area contributed by atoms with E-state index in [1.165, 1.54) is 46.6 Å². The summed E-state index contributed by atoms with van der Waals surface area (Å²) in [5, 5.41) is 13.6. The van der Waals surface area contributed by atoms with Gasteiger partial charge in [0.2, 0.25) is 5.95 Å². The first-order valence-corrected chi connectivity index (χ1v) is 21.9. The van der Waals surface area contributed by atoms with Crippen molar-refractivity contribution in [2.75, 3.05) is 39.5 Å². The molecule has 2 unspecified atom stereocenters. The highest BCUT2D eigenvalue weighted by Crippen LogP contribution is 2.66. The molecule has 4 fully saturated rings. The molecule has 2 atom stereocenters. The maximum atomic E-state index is 16.7. The number of nitrogens with zero attached hydrogens (tertiary/aromatic N) is 6. The van der Waals surface area contributed by atoms with Crippen LogP contribution in [0.2, 0.25) is 0 Å². The first-order chi connectivity index (χ1) is 26.2. The second-order valence-corrected chi connectivity index (χ2v) is 19.9. The van der Waals surface area contributed by atoms with E-state index in [0.29, 0.717) is 51.8 Å². The molecule has 1 spiro atoms. The number of carboxylic acid groups (broad SMARTS) is 1. The van der Waals surface area contributed by atoms with E-state index < -0.39 is 39.1 Å². The second-order valence-electron chi connectivity index (χ2n) is 15.1. The molecule has 3 saturated heterocycles. The summed E-state index contributed by atoms with van der Waals surface area (Å²) in [6.45, 7) is 0.140. The number of fused-ring (bicyclic) bond motifs is 3. The van der Waals surface area contributed by atoms with Crippen molar-refractivity contribution >= 4 is 55.0 Å². The van der Waals surface area contributed by atoms with E-state index in [9.17, 15) is 36.2 Å². The molecule has 55 heavy (non-hydrogen) atoms. The Balaban J connectivity index is 1.03. The van der Waals surface area contributed by atoms with Crippen molar-refractivity contribution in [3.63, 3.8) is 0 Å². The van der Waals surface area contributed by atoms with Gasteiger partial charge in [-0.25, -0.2) is 32.9 Å². The molecule has 2 aromatic heterocycles. The number of likely N-dealkylation sites (tertiary alicyclic amines) is 1. The fourth-order valence-corrected chi connectivity index (χ4v) is 13.6. The fraction of sp³-hybridized carbons (Fsp3) is 0.429. The summed E-state index contributed by atoms with van der Waals surface area (Å²) in [6, 6.07) is 10.0. The van der Waals surface area contributed by atoms with E-state index in [4.69, 9.17) is 9.97 Å². The number of aromatic nitrogens is 3. The van der Waals surface area contributed by atoms with Crippen LogP contribution in [0, 0.1) is 11.2 Å². The van der Waals surface area contributed by atoms with Crippen LogP contribution in [0.25, 0.3) is 21.8 Å². The highest BCUT2D eigenvalue weighted by molar-refractivity contribution is 8.25. The number of thiazole rings is 1. The maximum Gasteiger partial charge on any atom is 0.407 e. The minimum Gasteiger partial charge on any atom is -0.465 e. The molecule has 1 saturated carbocycles. The molecular formula is C35H37F3N8O6S3. The Morgan fingerprint density at radius 1 is 1.02 bits per heavy atom. The van der Waals surface area contributed by atoms with Gasteiger partial charge in [0.1, 0.15) is 0 Å². The van der Waals surface area contributed by atoms with Crippen molar-refractivity contribution in [2.24, 2.45) is 5.41 Å². The lowest BCUT2D eigenvalue weighted by molar-refractivity contribution is 0.133. The molecule has 20 heteroatoms. The maximum absolute atomic E-state index is 16.7. The molecule has 5 aliphatic rings. The van der Waals surface area contributed by atoms with Gasteiger partial charge in [-0.15, -0.1) is 0 Å². The van der Waals surface area contributed by atoms with Gasteiger partial charge in [0, 0.05) is 78.5 Å². The number of anilines is 3. The van der Waals surface area contributed by atoms with Crippen molar-refractivity contribution in [3.8, 4) is 21.8 Å². The molecule has 6 heterocycles. The van der Waals surface area contributed by atoms with Crippen molar-refractivity contribution in [2.45, 2.75) is 63.3 Å². The third-order valence-corrected chi connectivity index (χ3v) is 16.0. The van der Waals surface area contributed by atoms with Crippen molar-refractivity contribution in [1.82, 2.24) is 24.2 Å². The summed E-state index contributed by atoms with van der Waals surface area (Å²) < 4.78 is 94.4. The van der Waals surface area contributed by atoms with Crippen LogP contribution in [0.1, 0.15) is 48.8 Å². The number of amides is 1. The van der Waals surface area contributed by atoms with E-state index in [2.05, 4.69) is 19.9 Å². The lowest BCUT2D eigenvalue weighted by Gasteiger charge is -2.63. The lowest BCUT2D eigenvalue weighted by Crippen LogP contribution is -2.57. The van der Waals surface area contributed by atoms with E-state index >= 15 is 4.39 Å². The SMILES string of the molecule is O=C(O)N1CC2CCC(C1)N2c1nc(-c2cccc(NS(=O)(=O)N3Cc4cccc(C(F)F)c4C3)c2F)c(-c2ccnc(NC3CC4(C3)CS(O)(O)C4)n2)s1. The first kappa shape index (κ1) is 36.4. The molecule has 292 valence electrons. The number of hydrogen-bond donors (Lipinski definition) is 5. The van der Waals surface area contributed by atoms with Gasteiger partial charge >= 0.3 is 16.3 Å². The number of piperazine rings is 1. The number of halogens is 3. The third kappa shape index (κ3) is 6.55. The zero-order chi connectivity index (χ0) is 38.4. The predicted molar refractivity (Wildman–Crippen MR) is 202 cm³/mol. The summed E-state index contributed by atoms with van der Waals surface area (Å²) in [5.41, 5.74) is 0.655. The minimum absolute atomic E-state index is 0.00283. The Labute approximate surface area is 320 Å². The number of benzene rings is 2. The van der Waals surface area contributed by atoms with Crippen LogP contribution in [0.15, 0.2) is 48.7 Å². The third-order valence-electron chi connectivity index (χ3n) is 11.3. The standard InChI is InChI=1S/C35H37F3N8O6S3/c36-28-24(5-2-6-26(28)43-55(51,52)45-13-19-3-1-4-23(31(37)38)25(19)16-45)29-30(53-33(42-29)46-21-7-8-22(46)15-44(14-21)34(47)48)27-9-10-39-32(41-27)40-20-11-35(12-20)17-54(49,50)18-35/h1-6,9-10,20-22,31,43,49-50H,7-8,11-18H2,(H,47,48)(H,39,40,41). The Morgan fingerprint density at radius 2 is 1.75 bits per heavy atom. The van der Waals surface area contributed by atoms with E-state index in [-0.39, 0.29) is 64.7 Å². The van der Waals surface area contributed by atoms with E-state index in [1.54, 1.807) is 18.3 Å². The topological polar surface area (TPSA) is 184 Å². The molecule has 2 aromatic carbocycles. The van der Waals surface area contributed by atoms with Crippen LogP contribution >= 0.6 is 21.9 Å². The van der Waals surface area contributed by atoms with Crippen LogP contribution in [-0.2, 0) is 23.3 Å². The number of nitrogens with one attached hydrogen (secondary N) is 2. The van der Waals surface area contributed by atoms with Gasteiger partial charge in [-0.05, 0) is 55.0 Å². The van der Waals surface area contributed by atoms with Gasteiger partial charge in [0.25, 0.3) is 6.43 Å². The summed E-state index contributed by atoms with van der Waals surface area (Å²) >= 11 is 1.28. The molecule has 4 aliphatic heterocycles. The number of carbonyl (C=O) groups is 1. The molecular weight excluding hydrogens is 782 g/mol. The molecule has 1 aliphatic carbocycles. The molecule has 9 rings (SSSR count). The van der Waals surface area contributed by atoms with Crippen molar-refractivity contribution in [3.05, 3.63) is 71.2 Å². The number of alkyl halides is 2. The van der Waals surface area contributed by atoms with Crippen LogP contribution in [0.5, 0.6) is 0 Å². The van der Waals surface area contributed by atoms with E-state index in [0.717, 1.165) is 30.0 Å². The van der Waals surface area contributed by atoms with Gasteiger partial charge in [0.05, 0.1) is 22.0 Å². The molecule has 5 N–H and O–H groups in total. The molecule has 1 amide bonds. The number of hydrogen-bond acceptors (Lipinski definition) is 11. The van der Waals surface area contributed by atoms with Gasteiger partial charge in [-0.1, -0.05) is 35.6 Å². The van der Waals surface area contributed by atoms with Gasteiger partial charge in [0.15, 0.2) is 10.9 Å². The smallest absolute Gasteiger partial charge is 0.407 e. The van der Waals surface area contributed by atoms with E-state index in [1.807, 2.05) is 0 Å². The summed E-state index contributed by atoms with van der Waals surface area (Å²) in [4.78, 5) is 30.0. The minimum atomic E-state index is -4.40. The molecule has 4 aromatic rings. The summed E-state index contributed by atoms with van der Waals surface area (Å²) in [5.74, 6) is 0.247. The molecule has 0 radical (unpaired) electrons. The van der Waals surface area contributed by atoms with Crippen molar-refractivity contribution < 1.29 is 40.6 Å². The predicted octanol–water partition coefficient (Wildman–Crippen LogP) is 6.67. The monoisotopic (exact) mass is 818 g/mol. The first-order valence-electron chi connectivity index (χ1n) is 17.7. The Hall–Kier alpha value is -4.21. The Kier molecular flexibility index (Phi) is 8.74. The highest BCUT2D eigenvalue weighted by atomic mass is 32.3. The number of rotatable bonds is 9.